The lowest BCUT2D eigenvalue weighted by molar-refractivity contribution is -0.0459. The van der Waals surface area contributed by atoms with Gasteiger partial charge in [-0.1, -0.05) is 18.2 Å². The number of aliphatic hydroxyl groups excluding tert-OH is 1. The van der Waals surface area contributed by atoms with E-state index < -0.39 is 16.3 Å². The average Bonchev–Trinajstić information content (AvgIpc) is 2.26. The van der Waals surface area contributed by atoms with Gasteiger partial charge in [0.25, 0.3) is 0 Å². The van der Waals surface area contributed by atoms with Gasteiger partial charge in [0.1, 0.15) is 0 Å². The molecule has 0 aliphatic rings. The maximum atomic E-state index is 11.6. The van der Waals surface area contributed by atoms with Crippen LogP contribution in [0.15, 0.2) is 35.2 Å². The second-order valence-electron chi connectivity index (χ2n) is 3.33. The van der Waals surface area contributed by atoms with Gasteiger partial charge in [0.15, 0.2) is 6.29 Å². The van der Waals surface area contributed by atoms with Crippen LogP contribution in [0.3, 0.4) is 0 Å². The summed E-state index contributed by atoms with van der Waals surface area (Å²) in [7, 11) is -3.47. The Morgan fingerprint density at radius 1 is 1.19 bits per heavy atom. The average molecular weight is 245 g/mol. The predicted molar refractivity (Wildman–Crippen MR) is 59.1 cm³/mol. The summed E-state index contributed by atoms with van der Waals surface area (Å²) in [6.07, 6.45) is -0.859. The summed E-state index contributed by atoms with van der Waals surface area (Å²) in [5, 5.41) is 17.2. The minimum absolute atomic E-state index is 0.150. The van der Waals surface area contributed by atoms with Gasteiger partial charge in [0, 0.05) is 6.54 Å². The zero-order valence-electron chi connectivity index (χ0n) is 8.70. The highest BCUT2D eigenvalue weighted by atomic mass is 32.2. The van der Waals surface area contributed by atoms with Crippen LogP contribution >= 0.6 is 0 Å². The van der Waals surface area contributed by atoms with Crippen molar-refractivity contribution in [1.29, 1.82) is 0 Å². The van der Waals surface area contributed by atoms with E-state index >= 15 is 0 Å². The first-order valence-electron chi connectivity index (χ1n) is 4.93. The molecule has 1 aromatic carbocycles. The van der Waals surface area contributed by atoms with Crippen LogP contribution in [-0.2, 0) is 10.0 Å². The van der Waals surface area contributed by atoms with E-state index in [0.717, 1.165) is 0 Å². The molecular weight excluding hydrogens is 230 g/mol. The van der Waals surface area contributed by atoms with E-state index in [1.807, 2.05) is 0 Å². The summed E-state index contributed by atoms with van der Waals surface area (Å²) in [6, 6.07) is 8.03. The fourth-order valence-electron chi connectivity index (χ4n) is 1.17. The standard InChI is InChI=1S/C10H15NO4S/c12-10(13)7-4-8-11-16(14,15)9-5-2-1-3-6-9/h1-3,5-6,10-13H,4,7-8H2. The van der Waals surface area contributed by atoms with Crippen LogP contribution in [0.25, 0.3) is 0 Å². The van der Waals surface area contributed by atoms with Crippen LogP contribution in [-0.4, -0.2) is 31.5 Å². The third kappa shape index (κ3) is 4.28. The van der Waals surface area contributed by atoms with E-state index in [2.05, 4.69) is 4.72 Å². The van der Waals surface area contributed by atoms with E-state index in [0.29, 0.717) is 6.42 Å². The molecule has 16 heavy (non-hydrogen) atoms. The van der Waals surface area contributed by atoms with Crippen molar-refractivity contribution in [3.8, 4) is 0 Å². The van der Waals surface area contributed by atoms with E-state index in [1.165, 1.54) is 12.1 Å². The highest BCUT2D eigenvalue weighted by Crippen LogP contribution is 2.07. The third-order valence-corrected chi connectivity index (χ3v) is 3.46. The van der Waals surface area contributed by atoms with Crippen LogP contribution in [0.1, 0.15) is 12.8 Å². The molecule has 0 bridgehead atoms. The Morgan fingerprint density at radius 3 is 2.38 bits per heavy atom. The first-order valence-corrected chi connectivity index (χ1v) is 6.41. The lowest BCUT2D eigenvalue weighted by atomic mass is 10.3. The minimum Gasteiger partial charge on any atom is -0.368 e. The van der Waals surface area contributed by atoms with E-state index in [4.69, 9.17) is 10.2 Å². The molecule has 0 amide bonds. The van der Waals surface area contributed by atoms with Crippen LogP contribution < -0.4 is 4.72 Å². The van der Waals surface area contributed by atoms with Gasteiger partial charge in [0.05, 0.1) is 4.90 Å². The molecule has 6 heteroatoms. The monoisotopic (exact) mass is 245 g/mol. The minimum atomic E-state index is -3.47. The van der Waals surface area contributed by atoms with Gasteiger partial charge in [-0.25, -0.2) is 13.1 Å². The lowest BCUT2D eigenvalue weighted by Gasteiger charge is -2.07. The second kappa shape index (κ2) is 5.95. The van der Waals surface area contributed by atoms with Gasteiger partial charge in [-0.2, -0.15) is 0 Å². The molecule has 0 aliphatic carbocycles. The molecule has 0 aliphatic heterocycles. The summed E-state index contributed by atoms with van der Waals surface area (Å²) in [6.45, 7) is 0.189. The lowest BCUT2D eigenvalue weighted by Crippen LogP contribution is -2.25. The van der Waals surface area contributed by atoms with Crippen molar-refractivity contribution in [3.63, 3.8) is 0 Å². The van der Waals surface area contributed by atoms with Crippen LogP contribution in [0.4, 0.5) is 0 Å². The molecule has 3 N–H and O–H groups in total. The fourth-order valence-corrected chi connectivity index (χ4v) is 2.27. The predicted octanol–water partition coefficient (Wildman–Crippen LogP) is 0.0558. The molecule has 0 radical (unpaired) electrons. The topological polar surface area (TPSA) is 86.6 Å². The Morgan fingerprint density at radius 2 is 1.81 bits per heavy atom. The van der Waals surface area contributed by atoms with E-state index in [9.17, 15) is 8.42 Å². The number of hydrogen-bond acceptors (Lipinski definition) is 4. The van der Waals surface area contributed by atoms with Gasteiger partial charge >= 0.3 is 0 Å². The van der Waals surface area contributed by atoms with Crippen molar-refractivity contribution in [2.45, 2.75) is 24.0 Å². The zero-order chi connectivity index (χ0) is 12.0. The highest BCUT2D eigenvalue weighted by molar-refractivity contribution is 7.89. The van der Waals surface area contributed by atoms with Gasteiger partial charge in [-0.3, -0.25) is 0 Å². The molecule has 0 unspecified atom stereocenters. The Balaban J connectivity index is 2.48. The molecule has 5 nitrogen and oxygen atoms in total. The first kappa shape index (κ1) is 13.1. The Kier molecular flexibility index (Phi) is 4.88. The first-order chi connectivity index (χ1) is 7.52. The maximum absolute atomic E-state index is 11.6. The quantitative estimate of drug-likeness (QED) is 0.488. The summed E-state index contributed by atoms with van der Waals surface area (Å²) in [4.78, 5) is 0.208. The molecule has 0 heterocycles. The normalized spacial score (nSPS) is 11.9. The van der Waals surface area contributed by atoms with Crippen molar-refractivity contribution >= 4 is 10.0 Å². The molecule has 0 atom stereocenters. The van der Waals surface area contributed by atoms with Crippen LogP contribution in [0.5, 0.6) is 0 Å². The highest BCUT2D eigenvalue weighted by Gasteiger charge is 2.12. The second-order valence-corrected chi connectivity index (χ2v) is 5.10. The van der Waals surface area contributed by atoms with Crippen molar-refractivity contribution in [2.75, 3.05) is 6.54 Å². The molecule has 0 aromatic heterocycles. The molecular formula is C10H15NO4S. The number of rotatable bonds is 6. The molecule has 90 valence electrons. The largest absolute Gasteiger partial charge is 0.368 e. The molecule has 0 fully saturated rings. The summed E-state index contributed by atoms with van der Waals surface area (Å²) >= 11 is 0. The Bertz CT molecular complexity index is 402. The number of sulfonamides is 1. The smallest absolute Gasteiger partial charge is 0.240 e. The third-order valence-electron chi connectivity index (χ3n) is 1.98. The number of aliphatic hydroxyl groups is 2. The maximum Gasteiger partial charge on any atom is 0.240 e. The molecule has 1 aromatic rings. The molecule has 0 spiro atoms. The van der Waals surface area contributed by atoms with Gasteiger partial charge in [-0.15, -0.1) is 0 Å². The summed E-state index contributed by atoms with van der Waals surface area (Å²) < 4.78 is 25.7. The summed E-state index contributed by atoms with van der Waals surface area (Å²) in [5.41, 5.74) is 0. The van der Waals surface area contributed by atoms with E-state index in [1.54, 1.807) is 18.2 Å². The molecule has 0 saturated carbocycles. The Labute approximate surface area is 94.8 Å². The van der Waals surface area contributed by atoms with Crippen molar-refractivity contribution in [1.82, 2.24) is 4.72 Å². The van der Waals surface area contributed by atoms with Gasteiger partial charge in [-0.05, 0) is 25.0 Å². The number of nitrogens with one attached hydrogen (secondary N) is 1. The number of benzene rings is 1. The van der Waals surface area contributed by atoms with Gasteiger partial charge < -0.3 is 10.2 Å². The van der Waals surface area contributed by atoms with Crippen LogP contribution in [0.2, 0.25) is 0 Å². The number of hydrogen-bond donors (Lipinski definition) is 3. The molecule has 0 saturated heterocycles. The van der Waals surface area contributed by atoms with Crippen molar-refractivity contribution < 1.29 is 18.6 Å². The van der Waals surface area contributed by atoms with Crippen molar-refractivity contribution in [3.05, 3.63) is 30.3 Å². The van der Waals surface area contributed by atoms with Crippen molar-refractivity contribution in [2.24, 2.45) is 0 Å². The Hall–Kier alpha value is -0.950. The van der Waals surface area contributed by atoms with Gasteiger partial charge in [0.2, 0.25) is 10.0 Å². The summed E-state index contributed by atoms with van der Waals surface area (Å²) in [5.74, 6) is 0. The molecule has 1 rings (SSSR count). The van der Waals surface area contributed by atoms with Crippen LogP contribution in [0, 0.1) is 0 Å². The fraction of sp³-hybridized carbons (Fsp3) is 0.400. The SMILES string of the molecule is O=S(=O)(NCCCC(O)O)c1ccccc1. The van der Waals surface area contributed by atoms with E-state index in [-0.39, 0.29) is 17.9 Å². The zero-order valence-corrected chi connectivity index (χ0v) is 9.52.